The van der Waals surface area contributed by atoms with Crippen LogP contribution in [0.1, 0.15) is 28.1 Å². The summed E-state index contributed by atoms with van der Waals surface area (Å²) >= 11 is 1.57. The lowest BCUT2D eigenvalue weighted by Gasteiger charge is -2.22. The molecule has 0 atom stereocenters. The minimum absolute atomic E-state index is 0.353. The highest BCUT2D eigenvalue weighted by Crippen LogP contribution is 2.15. The predicted molar refractivity (Wildman–Crippen MR) is 63.5 cm³/mol. The van der Waals surface area contributed by atoms with Gasteiger partial charge in [0.25, 0.3) is 0 Å². The first kappa shape index (κ1) is 11.6. The van der Waals surface area contributed by atoms with E-state index in [2.05, 4.69) is 5.32 Å². The fourth-order valence-corrected chi connectivity index (χ4v) is 2.57. The van der Waals surface area contributed by atoms with Crippen molar-refractivity contribution >= 4 is 17.2 Å². The Balaban J connectivity index is 1.81. The number of ether oxygens (including phenoxy) is 1. The molecule has 0 unspecified atom stereocenters. The lowest BCUT2D eigenvalue weighted by Crippen LogP contribution is -2.34. The number of hydrogen-bond donors (Lipinski definition) is 2. The van der Waals surface area contributed by atoms with Gasteiger partial charge in [-0.15, -0.1) is 11.3 Å². The van der Waals surface area contributed by atoms with Gasteiger partial charge in [0, 0.05) is 36.1 Å². The highest BCUT2D eigenvalue weighted by Gasteiger charge is 2.13. The first-order valence-corrected chi connectivity index (χ1v) is 6.32. The molecule has 16 heavy (non-hydrogen) atoms. The van der Waals surface area contributed by atoms with Crippen molar-refractivity contribution in [1.82, 2.24) is 5.32 Å². The molecule has 1 amide bonds. The molecule has 1 aliphatic heterocycles. The molecule has 0 radical (unpaired) electrons. The number of nitrogens with two attached hydrogens (primary N) is 1. The van der Waals surface area contributed by atoms with E-state index >= 15 is 0 Å². The molecule has 2 heterocycles. The molecule has 88 valence electrons. The zero-order valence-electron chi connectivity index (χ0n) is 9.07. The van der Waals surface area contributed by atoms with Crippen LogP contribution in [0.2, 0.25) is 0 Å². The predicted octanol–water partition coefficient (Wildman–Crippen LogP) is 1.12. The molecule has 2 rings (SSSR count). The smallest absolute Gasteiger partial charge is 0.249 e. The van der Waals surface area contributed by atoms with Gasteiger partial charge in [0.05, 0.1) is 5.56 Å². The van der Waals surface area contributed by atoms with Crippen molar-refractivity contribution < 1.29 is 9.53 Å². The molecule has 0 bridgehead atoms. The van der Waals surface area contributed by atoms with Crippen LogP contribution in [0, 0.1) is 0 Å². The number of carbonyl (C=O) groups excluding carboxylic acids is 1. The summed E-state index contributed by atoms with van der Waals surface area (Å²) < 4.78 is 5.29. The zero-order valence-corrected chi connectivity index (χ0v) is 9.89. The first-order chi connectivity index (χ1) is 7.75. The molecule has 0 spiro atoms. The van der Waals surface area contributed by atoms with Crippen LogP contribution in [0.5, 0.6) is 0 Å². The van der Waals surface area contributed by atoms with Gasteiger partial charge in [0.15, 0.2) is 0 Å². The molecular formula is C11H16N2O2S. The van der Waals surface area contributed by atoms with Crippen LogP contribution in [0.4, 0.5) is 0 Å². The normalized spacial score (nSPS) is 17.5. The number of amides is 1. The molecule has 0 aliphatic carbocycles. The van der Waals surface area contributed by atoms with Crippen LogP contribution in [-0.2, 0) is 11.3 Å². The first-order valence-electron chi connectivity index (χ1n) is 5.44. The van der Waals surface area contributed by atoms with E-state index in [0.717, 1.165) is 37.5 Å². The van der Waals surface area contributed by atoms with E-state index < -0.39 is 0 Å². The minimum Gasteiger partial charge on any atom is -0.381 e. The van der Waals surface area contributed by atoms with Gasteiger partial charge >= 0.3 is 0 Å². The third-order valence-electron chi connectivity index (χ3n) is 2.72. The van der Waals surface area contributed by atoms with Gasteiger partial charge < -0.3 is 15.8 Å². The summed E-state index contributed by atoms with van der Waals surface area (Å²) in [4.78, 5) is 12.1. The number of hydrogen-bond acceptors (Lipinski definition) is 4. The van der Waals surface area contributed by atoms with Crippen LogP contribution < -0.4 is 11.1 Å². The second-order valence-corrected chi connectivity index (χ2v) is 4.93. The maximum atomic E-state index is 10.9. The van der Waals surface area contributed by atoms with E-state index in [1.54, 1.807) is 11.3 Å². The van der Waals surface area contributed by atoms with Gasteiger partial charge in [0.1, 0.15) is 0 Å². The van der Waals surface area contributed by atoms with Gasteiger partial charge in [-0.25, -0.2) is 0 Å². The Hall–Kier alpha value is -0.910. The summed E-state index contributed by atoms with van der Waals surface area (Å²) in [7, 11) is 0. The van der Waals surface area contributed by atoms with E-state index in [1.165, 1.54) is 0 Å². The Bertz CT molecular complexity index is 359. The molecule has 0 saturated carbocycles. The molecule has 1 aliphatic rings. The Kier molecular flexibility index (Phi) is 3.93. The lowest BCUT2D eigenvalue weighted by molar-refractivity contribution is 0.0777. The number of rotatable bonds is 4. The summed E-state index contributed by atoms with van der Waals surface area (Å²) in [5, 5.41) is 5.28. The second-order valence-electron chi connectivity index (χ2n) is 3.93. The largest absolute Gasteiger partial charge is 0.381 e. The maximum absolute atomic E-state index is 10.9. The Morgan fingerprint density at radius 2 is 2.31 bits per heavy atom. The Morgan fingerprint density at radius 3 is 2.94 bits per heavy atom. The number of carbonyl (C=O) groups is 1. The van der Waals surface area contributed by atoms with Crippen molar-refractivity contribution in [1.29, 1.82) is 0 Å². The van der Waals surface area contributed by atoms with E-state index in [9.17, 15) is 4.79 Å². The lowest BCUT2D eigenvalue weighted by atomic mass is 10.1. The van der Waals surface area contributed by atoms with E-state index in [-0.39, 0.29) is 5.91 Å². The van der Waals surface area contributed by atoms with Gasteiger partial charge in [-0.05, 0) is 18.9 Å². The quantitative estimate of drug-likeness (QED) is 0.828. The average Bonchev–Trinajstić information content (AvgIpc) is 2.76. The second kappa shape index (κ2) is 5.43. The standard InChI is InChI=1S/C11H16N2O2S/c12-11(14)8-5-10(16-7-8)6-13-9-1-3-15-4-2-9/h5,7,9,13H,1-4,6H2,(H2,12,14). The number of nitrogens with one attached hydrogen (secondary N) is 1. The molecule has 0 aromatic carbocycles. The van der Waals surface area contributed by atoms with Crippen molar-refractivity contribution in [3.05, 3.63) is 21.9 Å². The fraction of sp³-hybridized carbons (Fsp3) is 0.545. The van der Waals surface area contributed by atoms with Crippen molar-refractivity contribution in [2.45, 2.75) is 25.4 Å². The number of primary amides is 1. The van der Waals surface area contributed by atoms with Gasteiger partial charge in [-0.2, -0.15) is 0 Å². The van der Waals surface area contributed by atoms with Gasteiger partial charge in [-0.3, -0.25) is 4.79 Å². The molecule has 5 heteroatoms. The highest BCUT2D eigenvalue weighted by molar-refractivity contribution is 7.10. The molecular weight excluding hydrogens is 224 g/mol. The Morgan fingerprint density at radius 1 is 1.56 bits per heavy atom. The van der Waals surface area contributed by atoms with Crippen molar-refractivity contribution in [2.75, 3.05) is 13.2 Å². The third kappa shape index (κ3) is 3.04. The maximum Gasteiger partial charge on any atom is 0.249 e. The van der Waals surface area contributed by atoms with Crippen LogP contribution >= 0.6 is 11.3 Å². The molecule has 1 aromatic heterocycles. The van der Waals surface area contributed by atoms with Crippen LogP contribution in [0.25, 0.3) is 0 Å². The number of thiophene rings is 1. The highest BCUT2D eigenvalue weighted by atomic mass is 32.1. The van der Waals surface area contributed by atoms with E-state index in [0.29, 0.717) is 11.6 Å². The SMILES string of the molecule is NC(=O)c1csc(CNC2CCOCC2)c1. The summed E-state index contributed by atoms with van der Waals surface area (Å²) in [5.74, 6) is -0.353. The van der Waals surface area contributed by atoms with Crippen LogP contribution in [0.3, 0.4) is 0 Å². The topological polar surface area (TPSA) is 64.4 Å². The molecule has 3 N–H and O–H groups in total. The molecule has 1 saturated heterocycles. The summed E-state index contributed by atoms with van der Waals surface area (Å²) in [6.07, 6.45) is 2.13. The summed E-state index contributed by atoms with van der Waals surface area (Å²) in [5.41, 5.74) is 5.80. The van der Waals surface area contributed by atoms with Crippen molar-refractivity contribution in [2.24, 2.45) is 5.73 Å². The molecule has 4 nitrogen and oxygen atoms in total. The third-order valence-corrected chi connectivity index (χ3v) is 3.66. The Labute approximate surface area is 98.8 Å². The van der Waals surface area contributed by atoms with Crippen LogP contribution in [0.15, 0.2) is 11.4 Å². The van der Waals surface area contributed by atoms with Gasteiger partial charge in [0.2, 0.25) is 5.91 Å². The average molecular weight is 240 g/mol. The van der Waals surface area contributed by atoms with Crippen molar-refractivity contribution in [3.8, 4) is 0 Å². The summed E-state index contributed by atoms with van der Waals surface area (Å²) in [6, 6.07) is 2.40. The van der Waals surface area contributed by atoms with E-state index in [4.69, 9.17) is 10.5 Å². The molecule has 1 aromatic rings. The van der Waals surface area contributed by atoms with Crippen LogP contribution in [-0.4, -0.2) is 25.2 Å². The molecule has 1 fully saturated rings. The minimum atomic E-state index is -0.353. The van der Waals surface area contributed by atoms with Crippen molar-refractivity contribution in [3.63, 3.8) is 0 Å². The summed E-state index contributed by atoms with van der Waals surface area (Å²) in [6.45, 7) is 2.49. The van der Waals surface area contributed by atoms with Gasteiger partial charge in [-0.1, -0.05) is 0 Å². The monoisotopic (exact) mass is 240 g/mol. The van der Waals surface area contributed by atoms with E-state index in [1.807, 2.05) is 11.4 Å². The fourth-order valence-electron chi connectivity index (χ4n) is 1.75. The zero-order chi connectivity index (χ0) is 11.4.